The summed E-state index contributed by atoms with van der Waals surface area (Å²) in [5, 5.41) is 1.24. The lowest BCUT2D eigenvalue weighted by Crippen LogP contribution is -2.21. The number of aryl methyl sites for hydroxylation is 2. The summed E-state index contributed by atoms with van der Waals surface area (Å²) in [6, 6.07) is 0. The van der Waals surface area contributed by atoms with E-state index in [9.17, 15) is 0 Å². The van der Waals surface area contributed by atoms with E-state index in [2.05, 4.69) is 32.7 Å². The minimum Gasteiger partial charge on any atom is -0.330 e. The first-order valence-corrected chi connectivity index (χ1v) is 5.99. The Kier molecular flexibility index (Phi) is 3.67. The molecular formula is C11H20N2S. The van der Waals surface area contributed by atoms with Gasteiger partial charge in [-0.2, -0.15) is 0 Å². The monoisotopic (exact) mass is 212 g/mol. The summed E-state index contributed by atoms with van der Waals surface area (Å²) in [6.45, 7) is 9.49. The maximum Gasteiger partial charge on any atom is 0.0928 e. The Labute approximate surface area is 90.6 Å². The average Bonchev–Trinajstić information content (AvgIpc) is 2.47. The predicted octanol–water partition coefficient (Wildman–Crippen LogP) is 2.64. The molecule has 0 saturated heterocycles. The molecule has 0 aromatic carbocycles. The fourth-order valence-corrected chi connectivity index (χ4v) is 2.84. The third-order valence-electron chi connectivity index (χ3n) is 2.53. The first kappa shape index (κ1) is 11.7. The summed E-state index contributed by atoms with van der Waals surface area (Å²) in [5.41, 5.74) is 7.00. The molecule has 0 saturated carbocycles. The summed E-state index contributed by atoms with van der Waals surface area (Å²) in [7, 11) is 0. The second kappa shape index (κ2) is 4.41. The molecule has 0 amide bonds. The lowest BCUT2D eigenvalue weighted by atomic mass is 9.87. The lowest BCUT2D eigenvalue weighted by Gasteiger charge is -2.22. The van der Waals surface area contributed by atoms with Gasteiger partial charge in [0.1, 0.15) is 0 Å². The van der Waals surface area contributed by atoms with Crippen LogP contribution in [0.25, 0.3) is 0 Å². The summed E-state index contributed by atoms with van der Waals surface area (Å²) < 4.78 is 0. The van der Waals surface area contributed by atoms with Crippen LogP contribution in [-0.2, 0) is 11.8 Å². The van der Waals surface area contributed by atoms with Crippen LogP contribution in [-0.4, -0.2) is 11.5 Å². The van der Waals surface area contributed by atoms with Crippen LogP contribution < -0.4 is 5.73 Å². The predicted molar refractivity (Wildman–Crippen MR) is 62.9 cm³/mol. The molecule has 0 atom stereocenters. The molecule has 2 N–H and O–H groups in total. The smallest absolute Gasteiger partial charge is 0.0928 e. The summed E-state index contributed by atoms with van der Waals surface area (Å²) in [6.07, 6.45) is 2.06. The van der Waals surface area contributed by atoms with E-state index in [1.165, 1.54) is 15.6 Å². The fourth-order valence-electron chi connectivity index (χ4n) is 1.71. The van der Waals surface area contributed by atoms with Crippen molar-refractivity contribution in [3.05, 3.63) is 15.6 Å². The Hall–Kier alpha value is -0.410. The first-order chi connectivity index (χ1) is 6.51. The van der Waals surface area contributed by atoms with Gasteiger partial charge in [0.2, 0.25) is 0 Å². The van der Waals surface area contributed by atoms with Crippen molar-refractivity contribution in [2.24, 2.45) is 5.73 Å². The third-order valence-corrected chi connectivity index (χ3v) is 4.20. The van der Waals surface area contributed by atoms with Gasteiger partial charge < -0.3 is 5.73 Å². The second-order valence-electron chi connectivity index (χ2n) is 4.30. The zero-order valence-corrected chi connectivity index (χ0v) is 10.4. The minimum atomic E-state index is 0.184. The largest absolute Gasteiger partial charge is 0.330 e. The quantitative estimate of drug-likeness (QED) is 0.833. The van der Waals surface area contributed by atoms with E-state index in [0.29, 0.717) is 0 Å². The molecule has 1 aromatic rings. The molecule has 0 radical (unpaired) electrons. The van der Waals surface area contributed by atoms with E-state index in [1.807, 2.05) is 11.3 Å². The van der Waals surface area contributed by atoms with Crippen molar-refractivity contribution in [3.63, 3.8) is 0 Å². The molecule has 1 aromatic heterocycles. The number of rotatable bonds is 4. The first-order valence-electron chi connectivity index (χ1n) is 5.18. The highest BCUT2D eigenvalue weighted by atomic mass is 32.1. The van der Waals surface area contributed by atoms with Crippen LogP contribution in [0.3, 0.4) is 0 Å². The third kappa shape index (κ3) is 2.34. The molecule has 0 aliphatic rings. The van der Waals surface area contributed by atoms with Crippen LogP contribution >= 0.6 is 11.3 Å². The molecule has 0 fully saturated rings. The molecule has 0 unspecified atom stereocenters. The fraction of sp³-hybridized carbons (Fsp3) is 0.727. The molecule has 0 bridgehead atoms. The van der Waals surface area contributed by atoms with Crippen molar-refractivity contribution < 1.29 is 0 Å². The van der Waals surface area contributed by atoms with Crippen LogP contribution in [0.4, 0.5) is 0 Å². The van der Waals surface area contributed by atoms with E-state index < -0.39 is 0 Å². The maximum atomic E-state index is 5.63. The van der Waals surface area contributed by atoms with E-state index in [1.54, 1.807) is 0 Å². The van der Waals surface area contributed by atoms with Gasteiger partial charge in [-0.1, -0.05) is 20.8 Å². The van der Waals surface area contributed by atoms with Gasteiger partial charge in [0, 0.05) is 10.3 Å². The van der Waals surface area contributed by atoms with Crippen LogP contribution in [0.15, 0.2) is 0 Å². The normalized spacial score (nSPS) is 12.1. The summed E-state index contributed by atoms with van der Waals surface area (Å²) in [4.78, 5) is 5.96. The summed E-state index contributed by atoms with van der Waals surface area (Å²) >= 11 is 1.84. The minimum absolute atomic E-state index is 0.184. The molecule has 1 heterocycles. The van der Waals surface area contributed by atoms with Crippen LogP contribution in [0.1, 0.15) is 42.8 Å². The van der Waals surface area contributed by atoms with Gasteiger partial charge in [-0.05, 0) is 26.3 Å². The van der Waals surface area contributed by atoms with Crippen LogP contribution in [0.5, 0.6) is 0 Å². The van der Waals surface area contributed by atoms with Gasteiger partial charge in [0.05, 0.1) is 10.7 Å². The molecular weight excluding hydrogens is 192 g/mol. The van der Waals surface area contributed by atoms with E-state index in [4.69, 9.17) is 5.73 Å². The van der Waals surface area contributed by atoms with Gasteiger partial charge in [-0.3, -0.25) is 0 Å². The van der Waals surface area contributed by atoms with Crippen molar-refractivity contribution in [2.75, 3.05) is 6.54 Å². The number of hydrogen-bond donors (Lipinski definition) is 1. The molecule has 0 aliphatic heterocycles. The topological polar surface area (TPSA) is 38.9 Å². The SMILES string of the molecule is CCc1nc(C)c(C(C)(C)CCN)s1. The Balaban J connectivity index is 2.98. The van der Waals surface area contributed by atoms with Crippen molar-refractivity contribution in [2.45, 2.75) is 46.0 Å². The summed E-state index contributed by atoms with van der Waals surface area (Å²) in [5.74, 6) is 0. The maximum absolute atomic E-state index is 5.63. The van der Waals surface area contributed by atoms with Gasteiger partial charge in [-0.15, -0.1) is 11.3 Å². The van der Waals surface area contributed by atoms with Crippen molar-refractivity contribution in [3.8, 4) is 0 Å². The van der Waals surface area contributed by atoms with Crippen LogP contribution in [0.2, 0.25) is 0 Å². The standard InChI is InChI=1S/C11H20N2S/c1-5-9-13-8(2)10(14-9)11(3,4)6-7-12/h5-7,12H2,1-4H3. The number of nitrogens with zero attached hydrogens (tertiary/aromatic N) is 1. The van der Waals surface area contributed by atoms with E-state index in [0.717, 1.165) is 19.4 Å². The molecule has 2 nitrogen and oxygen atoms in total. The van der Waals surface area contributed by atoms with Gasteiger partial charge >= 0.3 is 0 Å². The highest BCUT2D eigenvalue weighted by Crippen LogP contribution is 2.34. The molecule has 1 rings (SSSR count). The molecule has 3 heteroatoms. The Morgan fingerprint density at radius 2 is 2.07 bits per heavy atom. The molecule has 0 spiro atoms. The zero-order chi connectivity index (χ0) is 10.8. The van der Waals surface area contributed by atoms with E-state index in [-0.39, 0.29) is 5.41 Å². The van der Waals surface area contributed by atoms with Crippen molar-refractivity contribution >= 4 is 11.3 Å². The Bertz CT molecular complexity index is 302. The lowest BCUT2D eigenvalue weighted by molar-refractivity contribution is 0.494. The van der Waals surface area contributed by atoms with Gasteiger partial charge in [-0.25, -0.2) is 4.98 Å². The van der Waals surface area contributed by atoms with Crippen molar-refractivity contribution in [1.29, 1.82) is 0 Å². The van der Waals surface area contributed by atoms with E-state index >= 15 is 0 Å². The Morgan fingerprint density at radius 3 is 2.50 bits per heavy atom. The number of thiazole rings is 1. The zero-order valence-electron chi connectivity index (χ0n) is 9.55. The van der Waals surface area contributed by atoms with Crippen LogP contribution in [0, 0.1) is 6.92 Å². The van der Waals surface area contributed by atoms with Gasteiger partial charge in [0.15, 0.2) is 0 Å². The molecule has 80 valence electrons. The second-order valence-corrected chi connectivity index (χ2v) is 5.38. The highest BCUT2D eigenvalue weighted by molar-refractivity contribution is 7.11. The number of aromatic nitrogens is 1. The number of hydrogen-bond acceptors (Lipinski definition) is 3. The highest BCUT2D eigenvalue weighted by Gasteiger charge is 2.24. The average molecular weight is 212 g/mol. The molecule has 0 aliphatic carbocycles. The van der Waals surface area contributed by atoms with Gasteiger partial charge in [0.25, 0.3) is 0 Å². The molecule has 14 heavy (non-hydrogen) atoms. The van der Waals surface area contributed by atoms with Crippen molar-refractivity contribution in [1.82, 2.24) is 4.98 Å². The number of nitrogens with two attached hydrogens (primary N) is 1. The Morgan fingerprint density at radius 1 is 1.43 bits per heavy atom.